The third-order valence-corrected chi connectivity index (χ3v) is 25.9. The van der Waals surface area contributed by atoms with Gasteiger partial charge in [-0.05, 0) is 96.3 Å². The number of benzene rings is 3. The van der Waals surface area contributed by atoms with E-state index in [0.717, 1.165) is 27.4 Å². The Bertz CT molecular complexity index is 5530. The second-order valence-corrected chi connectivity index (χ2v) is 37.5. The first-order valence-corrected chi connectivity index (χ1v) is 50.9. The number of methoxy groups -OCH3 is 1. The van der Waals surface area contributed by atoms with Crippen LogP contribution in [-0.4, -0.2) is 378 Å². The fourth-order valence-electron chi connectivity index (χ4n) is 15.7. The third kappa shape index (κ3) is 40.5. The molecule has 0 radical (unpaired) electrons. The summed E-state index contributed by atoms with van der Waals surface area (Å²) in [5, 5.41) is 59.6. The van der Waals surface area contributed by atoms with E-state index in [9.17, 15) is 91.4 Å². The molecule has 21 N–H and O–H groups in total. The summed E-state index contributed by atoms with van der Waals surface area (Å²) in [5.41, 5.74) is 23.5. The van der Waals surface area contributed by atoms with Gasteiger partial charge in [-0.15, -0.1) is 0 Å². The predicted octanol–water partition coefficient (Wildman–Crippen LogP) is -1.10. The van der Waals surface area contributed by atoms with E-state index in [1.54, 1.807) is 72.1 Å². The van der Waals surface area contributed by atoms with Crippen LogP contribution in [0.2, 0.25) is 0 Å². The molecule has 1 fully saturated rings. The zero-order valence-electron chi connectivity index (χ0n) is 86.0. The van der Waals surface area contributed by atoms with Crippen LogP contribution in [-0.2, 0) is 126 Å². The number of aryl methyl sites for hydroxylation is 1. The number of primary amides is 2. The number of aromatic amines is 1. The number of ether oxygens (including phenoxy) is 10. The van der Waals surface area contributed by atoms with Crippen LogP contribution in [0.1, 0.15) is 106 Å². The van der Waals surface area contributed by atoms with E-state index in [1.165, 1.54) is 61.2 Å². The molecule has 2 bridgehead atoms. The van der Waals surface area contributed by atoms with Gasteiger partial charge in [-0.25, -0.2) is 24.4 Å². The highest BCUT2D eigenvalue weighted by atomic mass is 32.2. The lowest BCUT2D eigenvalue weighted by atomic mass is 9.94. The van der Waals surface area contributed by atoms with E-state index in [1.807, 2.05) is 18.2 Å². The van der Waals surface area contributed by atoms with Crippen molar-refractivity contribution in [1.82, 2.24) is 82.8 Å². The molecule has 1 aliphatic heterocycles. The maximum atomic E-state index is 14.9. The van der Waals surface area contributed by atoms with Gasteiger partial charge in [0.2, 0.25) is 65.0 Å². The molecular weight excluding hydrogens is 1980 g/mol. The number of rotatable bonds is 66. The number of aromatic nitrogens is 3. The molecule has 16 amide bonds. The van der Waals surface area contributed by atoms with E-state index >= 15 is 0 Å². The number of nitrogens with two attached hydrogens (primary N) is 3. The Labute approximate surface area is 871 Å². The number of likely N-dealkylation sites (N-methyl/N-ethyl adjacent to an activating group) is 2. The highest BCUT2D eigenvalue weighted by molar-refractivity contribution is 7.85. The number of allylic oxidation sites excluding steroid dienone is 8. The third-order valence-electron chi connectivity index (χ3n) is 24.4. The molecule has 1 saturated heterocycles. The molecule has 2 aliphatic carbocycles. The van der Waals surface area contributed by atoms with Gasteiger partial charge in [-0.3, -0.25) is 61.7 Å². The molecule has 12 atom stereocenters. The van der Waals surface area contributed by atoms with Gasteiger partial charge in [0, 0.05) is 115 Å². The lowest BCUT2D eigenvalue weighted by Gasteiger charge is -2.31. The van der Waals surface area contributed by atoms with Crippen molar-refractivity contribution in [2.75, 3.05) is 190 Å². The number of anilines is 1. The average molecular weight is 2120 g/mol. The Morgan fingerprint density at radius 1 is 0.627 bits per heavy atom. The van der Waals surface area contributed by atoms with Gasteiger partial charge >= 0.3 is 18.2 Å². The molecule has 49 nitrogen and oxygen atoms in total. The van der Waals surface area contributed by atoms with Gasteiger partial charge in [0.1, 0.15) is 59.7 Å². The average Bonchev–Trinajstić information content (AvgIpc) is 1.61. The number of carbonyl (C=O) groups excluding carboxylic acids is 15. The van der Waals surface area contributed by atoms with Crippen LogP contribution < -0.4 is 80.4 Å². The second kappa shape index (κ2) is 64.2. The van der Waals surface area contributed by atoms with Crippen molar-refractivity contribution in [2.24, 2.45) is 35.0 Å². The number of aliphatic hydroxyl groups is 3. The summed E-state index contributed by atoms with van der Waals surface area (Å²) in [4.78, 5) is 220. The molecule has 150 heavy (non-hydrogen) atoms. The van der Waals surface area contributed by atoms with Gasteiger partial charge in [0.15, 0.2) is 0 Å². The summed E-state index contributed by atoms with van der Waals surface area (Å²) in [5.74, 6) is -12.9. The first-order valence-electron chi connectivity index (χ1n) is 49.6. The first kappa shape index (κ1) is 122. The van der Waals surface area contributed by atoms with Crippen molar-refractivity contribution in [3.05, 3.63) is 136 Å². The fraction of sp³-hybridized carbons (Fsp3) is 0.550. The second-order valence-electron chi connectivity index (χ2n) is 36.1. The number of fused-ring (bicyclic) bond motifs is 4. The number of hydrogen-bond acceptors (Lipinski definition) is 32. The van der Waals surface area contributed by atoms with Gasteiger partial charge < -0.3 is 158 Å². The maximum Gasteiger partial charge on any atom is 0.415 e. The molecule has 1 unspecified atom stereocenters. The lowest BCUT2D eigenvalue weighted by Crippen LogP contribution is -2.60. The first-order chi connectivity index (χ1) is 71.9. The summed E-state index contributed by atoms with van der Waals surface area (Å²) in [6.07, 6.45) is 8.02. The van der Waals surface area contributed by atoms with Crippen LogP contribution in [0.3, 0.4) is 0 Å². The zero-order valence-corrected chi connectivity index (χ0v) is 86.9. The SMILES string of the molecule is CC[C@H](C)[C@H](NC(=O)CN)C(=O)NCC(=O)N[C@@H](CS(=O)c1[nH]c2cc(OC(=O)N(C)CCN(CCOCCOCCOCCNC(=O)c3ccc4nc5c(nc4c3)C/C3=C/C=C\C=C/C(=C3)C5)C(=O)OCc3ccc(NC(=O)[C@H](CCCNC(N)=O)NC(=O)[C@@H](NC(=O)CCOCCOCCOCCOCCOC)C(C)C)cc3)ccc2c1C)C(=O)N[C@@H](CC(N)=O)C(=O)N1C[C@H](O)C[C@H]1C(=O)N[C@H](C(=O)NC)[C@@H](C)[C@@H](O)CO. The molecule has 3 aromatic carbocycles. The topological polar surface area (TPSA) is 688 Å². The van der Waals surface area contributed by atoms with E-state index in [2.05, 4.69) is 81.7 Å². The minimum Gasteiger partial charge on any atom is -0.445 e. The molecular formula is C100H144N20O29S. The Morgan fingerprint density at radius 2 is 1.27 bits per heavy atom. The Balaban J connectivity index is 0.908. The van der Waals surface area contributed by atoms with Crippen LogP contribution in [0.25, 0.3) is 21.9 Å². The van der Waals surface area contributed by atoms with Crippen LogP contribution >= 0.6 is 0 Å². The molecule has 0 spiro atoms. The minimum atomic E-state index is -2.35. The predicted molar refractivity (Wildman–Crippen MR) is 547 cm³/mol. The molecule has 3 aliphatic rings. The normalized spacial score (nSPS) is 16.4. The van der Waals surface area contributed by atoms with Gasteiger partial charge in [-0.2, -0.15) is 0 Å². The van der Waals surface area contributed by atoms with Crippen molar-refractivity contribution >= 4 is 128 Å². The van der Waals surface area contributed by atoms with E-state index in [-0.39, 0.29) is 146 Å². The van der Waals surface area contributed by atoms with Crippen LogP contribution in [0.5, 0.6) is 5.75 Å². The summed E-state index contributed by atoms with van der Waals surface area (Å²) in [7, 11) is 1.89. The zero-order chi connectivity index (χ0) is 109. The quantitative estimate of drug-likeness (QED) is 0.0206. The molecule has 3 heterocycles. The van der Waals surface area contributed by atoms with Crippen molar-refractivity contribution in [1.29, 1.82) is 0 Å². The Morgan fingerprint density at radius 3 is 1.91 bits per heavy atom. The molecule has 5 aromatic rings. The minimum absolute atomic E-state index is 0.0269. The standard InChI is InChI=1S/C100H144N20O29S/c1-10-61(4)87(116-84(126)54-101)94(133)107-55-85(127)111-79(91(130)113-78(53-82(102)124)97(135)120-56-69(122)51-80(120)92(131)117-88(93(132)104-7)63(6)81(123)57-121)59-150(139)96-62(5)71-24-23-70(52-74(71)114-96)149-99(137)118(8)29-30-119(31-34-143-39-42-146-41-38-142-33-28-105-89(128)67-20-25-72-77(50-67)110-76-49-66-16-13-11-12-15-65(47-66)48-75(76)109-72)100(138)148-58-64-18-21-68(22-19-64)108-90(129)73(17-14-27-106-98(103)136)112-95(134)86(60(2)3)115-83(125)26-32-141-37-40-145-45-46-147-44-43-144-36-35-140-9/h11-13,15-16,18-25,47,50,52,60-61,63,69,73,78-81,86-88,114,121-123H,10,14,17,26-46,48-49,51,53-59,101H2,1-9H3,(H2,102,124)(H,104,132)(H,105,128)(H,107,133)(H,108,129)(H,111,127)(H,112,134)(H,113,130)(H,115,125)(H,116,126)(H,117,131)(H3,103,106,136)/b12-11?,13-11-,15-12-,16-13?,65-15?,66-16+/t61-,63-,69+,73-,78-,79-,80-,81-,86-,87-,88-,150?/m0/s1. The van der Waals surface area contributed by atoms with E-state index < -0.39 is 211 Å². The number of carbonyl (C=O) groups is 15. The summed E-state index contributed by atoms with van der Waals surface area (Å²) < 4.78 is 70.8. The van der Waals surface area contributed by atoms with Crippen LogP contribution in [0.15, 0.2) is 113 Å². The number of H-pyrrole nitrogens is 1. The maximum absolute atomic E-state index is 14.9. The number of nitrogens with one attached hydrogen (secondary N) is 12. The highest BCUT2D eigenvalue weighted by Gasteiger charge is 2.45. The van der Waals surface area contributed by atoms with Gasteiger partial charge in [0.25, 0.3) is 5.91 Å². The van der Waals surface area contributed by atoms with Crippen molar-refractivity contribution in [3.63, 3.8) is 0 Å². The van der Waals surface area contributed by atoms with Crippen molar-refractivity contribution in [3.8, 4) is 5.75 Å². The van der Waals surface area contributed by atoms with Crippen molar-refractivity contribution < 1.29 is 139 Å². The molecule has 0 saturated carbocycles. The molecule has 8 rings (SSSR count). The largest absolute Gasteiger partial charge is 0.445 e. The van der Waals surface area contributed by atoms with Crippen LogP contribution in [0, 0.1) is 24.7 Å². The van der Waals surface area contributed by atoms with Crippen molar-refractivity contribution in [2.45, 2.75) is 159 Å². The smallest absolute Gasteiger partial charge is 0.415 e. The summed E-state index contributed by atoms with van der Waals surface area (Å²) in [6, 6.07) is 4.70. The number of likely N-dealkylation sites (tertiary alicyclic amines) is 1. The number of β-amino-alcohol motifs (C(OH)–C–C–N with tert-alkyl or cyclic N) is 1. The number of hydrogen-bond donors (Lipinski definition) is 18. The van der Waals surface area contributed by atoms with Crippen LogP contribution in [0.4, 0.5) is 20.1 Å². The fourth-order valence-corrected chi connectivity index (χ4v) is 17.1. The number of nitrogens with zero attached hydrogens (tertiary/aromatic N) is 5. The summed E-state index contributed by atoms with van der Waals surface area (Å²) >= 11 is 0. The highest BCUT2D eigenvalue weighted by Crippen LogP contribution is 2.31. The molecule has 824 valence electrons. The summed E-state index contributed by atoms with van der Waals surface area (Å²) in [6.45, 7) is 10.3. The number of amides is 16. The molecule has 50 heteroatoms. The monoisotopic (exact) mass is 2120 g/mol. The Hall–Kier alpha value is -13.4. The van der Waals surface area contributed by atoms with Gasteiger partial charge in [-0.1, -0.05) is 89.6 Å². The Kier molecular flexibility index (Phi) is 52.2. The van der Waals surface area contributed by atoms with E-state index in [0.29, 0.717) is 92.0 Å². The lowest BCUT2D eigenvalue weighted by molar-refractivity contribution is -0.143. The number of urea groups is 1. The van der Waals surface area contributed by atoms with Gasteiger partial charge in [0.05, 0.1) is 182 Å². The van der Waals surface area contributed by atoms with E-state index in [4.69, 9.17) is 74.5 Å². The number of aliphatic hydroxyl groups excluding tert-OH is 3. The molecule has 2 aromatic heterocycles.